The van der Waals surface area contributed by atoms with Crippen LogP contribution in [0.15, 0.2) is 36.7 Å². The van der Waals surface area contributed by atoms with Crippen LogP contribution in [0.25, 0.3) is 0 Å². The number of hydrogen-bond donors (Lipinski definition) is 2. The lowest BCUT2D eigenvalue weighted by atomic mass is 10.2. The summed E-state index contributed by atoms with van der Waals surface area (Å²) in [5, 5.41) is 14.6. The van der Waals surface area contributed by atoms with Crippen LogP contribution in [0.3, 0.4) is 0 Å². The van der Waals surface area contributed by atoms with E-state index in [1.54, 1.807) is 30.3 Å². The lowest BCUT2D eigenvalue weighted by molar-refractivity contribution is 0.0938. The second kappa shape index (κ2) is 6.48. The van der Waals surface area contributed by atoms with Crippen LogP contribution in [0.1, 0.15) is 29.9 Å². The highest BCUT2D eigenvalue weighted by Crippen LogP contribution is 2.15. The smallest absolute Gasteiger partial charge is 0.270 e. The number of amides is 1. The van der Waals surface area contributed by atoms with Crippen LogP contribution in [0, 0.1) is 11.3 Å². The van der Waals surface area contributed by atoms with Gasteiger partial charge in [0.15, 0.2) is 0 Å². The van der Waals surface area contributed by atoms with Crippen molar-refractivity contribution in [1.29, 1.82) is 5.26 Å². The third-order valence-electron chi connectivity index (χ3n) is 2.61. The third kappa shape index (κ3) is 4.01. The lowest BCUT2D eigenvalue weighted by Gasteiger charge is -2.09. The molecule has 0 atom stereocenters. The first kappa shape index (κ1) is 14.5. The first-order chi connectivity index (χ1) is 10.1. The first-order valence-corrected chi connectivity index (χ1v) is 6.48. The van der Waals surface area contributed by atoms with Crippen LogP contribution < -0.4 is 10.6 Å². The van der Waals surface area contributed by atoms with Gasteiger partial charge in [0, 0.05) is 17.8 Å². The largest absolute Gasteiger partial charge is 0.349 e. The quantitative estimate of drug-likeness (QED) is 0.896. The fourth-order valence-corrected chi connectivity index (χ4v) is 1.66. The number of aromatic nitrogens is 2. The Hall–Kier alpha value is -2.94. The van der Waals surface area contributed by atoms with Crippen LogP contribution in [0.4, 0.5) is 11.5 Å². The van der Waals surface area contributed by atoms with Gasteiger partial charge in [-0.25, -0.2) is 9.97 Å². The van der Waals surface area contributed by atoms with Crippen molar-refractivity contribution < 1.29 is 4.79 Å². The fraction of sp³-hybridized carbons (Fsp3) is 0.200. The van der Waals surface area contributed by atoms with Crippen molar-refractivity contribution in [3.05, 3.63) is 47.9 Å². The summed E-state index contributed by atoms with van der Waals surface area (Å²) in [6.07, 6.45) is 1.33. The Kier molecular flexibility index (Phi) is 4.46. The molecule has 0 saturated carbocycles. The zero-order valence-corrected chi connectivity index (χ0v) is 11.8. The number of nitrogens with one attached hydrogen (secondary N) is 2. The van der Waals surface area contributed by atoms with E-state index >= 15 is 0 Å². The normalized spacial score (nSPS) is 10.0. The Morgan fingerprint density at radius 3 is 2.57 bits per heavy atom. The molecule has 1 amide bonds. The molecule has 1 heterocycles. The van der Waals surface area contributed by atoms with Crippen molar-refractivity contribution in [3.8, 4) is 6.07 Å². The van der Waals surface area contributed by atoms with Gasteiger partial charge < -0.3 is 10.6 Å². The molecule has 6 heteroatoms. The molecule has 21 heavy (non-hydrogen) atoms. The molecule has 0 saturated heterocycles. The van der Waals surface area contributed by atoms with Crippen LogP contribution >= 0.6 is 0 Å². The molecule has 0 fully saturated rings. The van der Waals surface area contributed by atoms with Gasteiger partial charge in [-0.05, 0) is 38.1 Å². The number of hydrogen-bond acceptors (Lipinski definition) is 5. The van der Waals surface area contributed by atoms with E-state index in [-0.39, 0.29) is 11.9 Å². The van der Waals surface area contributed by atoms with Crippen molar-refractivity contribution in [2.75, 3.05) is 5.32 Å². The van der Waals surface area contributed by atoms with Gasteiger partial charge in [0.2, 0.25) is 0 Å². The molecule has 0 spiro atoms. The maximum Gasteiger partial charge on any atom is 0.270 e. The van der Waals surface area contributed by atoms with Gasteiger partial charge in [-0.2, -0.15) is 5.26 Å². The van der Waals surface area contributed by atoms with Crippen LogP contribution in [0.2, 0.25) is 0 Å². The Labute approximate surface area is 122 Å². The molecule has 2 N–H and O–H groups in total. The number of carbonyl (C=O) groups excluding carboxylic acids is 1. The van der Waals surface area contributed by atoms with E-state index in [9.17, 15) is 4.79 Å². The van der Waals surface area contributed by atoms with Crippen LogP contribution in [-0.2, 0) is 0 Å². The van der Waals surface area contributed by atoms with Crippen molar-refractivity contribution >= 4 is 17.4 Å². The molecular formula is C15H15N5O. The predicted molar refractivity (Wildman–Crippen MR) is 79.1 cm³/mol. The molecule has 2 aromatic rings. The van der Waals surface area contributed by atoms with Crippen molar-refractivity contribution in [2.24, 2.45) is 0 Å². The Balaban J connectivity index is 2.13. The Bertz CT molecular complexity index is 673. The number of nitriles is 1. The summed E-state index contributed by atoms with van der Waals surface area (Å²) in [7, 11) is 0. The molecule has 0 bridgehead atoms. The molecule has 0 aliphatic heterocycles. The summed E-state index contributed by atoms with van der Waals surface area (Å²) in [4.78, 5) is 19.9. The number of anilines is 2. The zero-order chi connectivity index (χ0) is 15.2. The molecular weight excluding hydrogens is 266 g/mol. The van der Waals surface area contributed by atoms with Gasteiger partial charge in [-0.15, -0.1) is 0 Å². The van der Waals surface area contributed by atoms with Crippen LogP contribution in [0.5, 0.6) is 0 Å². The minimum atomic E-state index is -0.240. The van der Waals surface area contributed by atoms with Crippen molar-refractivity contribution in [2.45, 2.75) is 19.9 Å². The van der Waals surface area contributed by atoms with Crippen molar-refractivity contribution in [3.63, 3.8) is 0 Å². The van der Waals surface area contributed by atoms with Gasteiger partial charge in [0.25, 0.3) is 5.91 Å². The first-order valence-electron chi connectivity index (χ1n) is 6.48. The van der Waals surface area contributed by atoms with Gasteiger partial charge in [-0.1, -0.05) is 0 Å². The average molecular weight is 281 g/mol. The molecule has 106 valence electrons. The Morgan fingerprint density at radius 1 is 1.24 bits per heavy atom. The second-order valence-electron chi connectivity index (χ2n) is 4.73. The van der Waals surface area contributed by atoms with E-state index in [4.69, 9.17) is 5.26 Å². The van der Waals surface area contributed by atoms with E-state index in [2.05, 4.69) is 26.7 Å². The number of benzene rings is 1. The van der Waals surface area contributed by atoms with E-state index in [1.165, 1.54) is 6.33 Å². The molecule has 1 aromatic carbocycles. The van der Waals surface area contributed by atoms with E-state index < -0.39 is 0 Å². The monoisotopic (exact) mass is 281 g/mol. The maximum atomic E-state index is 11.9. The lowest BCUT2D eigenvalue weighted by Crippen LogP contribution is -2.30. The number of rotatable bonds is 4. The molecule has 2 rings (SSSR count). The summed E-state index contributed by atoms with van der Waals surface area (Å²) in [5.41, 5.74) is 1.66. The van der Waals surface area contributed by atoms with Gasteiger partial charge in [0.1, 0.15) is 17.8 Å². The van der Waals surface area contributed by atoms with Crippen LogP contribution in [-0.4, -0.2) is 21.9 Å². The van der Waals surface area contributed by atoms with E-state index in [0.29, 0.717) is 17.1 Å². The SMILES string of the molecule is CC(C)NC(=O)c1cc(Nc2ccc(C#N)cc2)ncn1. The van der Waals surface area contributed by atoms with Gasteiger partial charge in [0.05, 0.1) is 11.6 Å². The zero-order valence-electron chi connectivity index (χ0n) is 11.8. The molecule has 1 aromatic heterocycles. The third-order valence-corrected chi connectivity index (χ3v) is 2.61. The van der Waals surface area contributed by atoms with E-state index in [1.807, 2.05) is 13.8 Å². The summed E-state index contributed by atoms with van der Waals surface area (Å²) >= 11 is 0. The summed E-state index contributed by atoms with van der Waals surface area (Å²) in [6.45, 7) is 3.77. The van der Waals surface area contributed by atoms with Crippen molar-refractivity contribution in [1.82, 2.24) is 15.3 Å². The van der Waals surface area contributed by atoms with E-state index in [0.717, 1.165) is 5.69 Å². The number of carbonyl (C=O) groups is 1. The second-order valence-corrected chi connectivity index (χ2v) is 4.73. The Morgan fingerprint density at radius 2 is 1.95 bits per heavy atom. The summed E-state index contributed by atoms with van der Waals surface area (Å²) < 4.78 is 0. The molecule has 6 nitrogen and oxygen atoms in total. The maximum absolute atomic E-state index is 11.9. The highest BCUT2D eigenvalue weighted by atomic mass is 16.1. The highest BCUT2D eigenvalue weighted by Gasteiger charge is 2.09. The summed E-state index contributed by atoms with van der Waals surface area (Å²) in [6, 6.07) is 10.6. The topological polar surface area (TPSA) is 90.7 Å². The number of nitrogens with zero attached hydrogens (tertiary/aromatic N) is 3. The molecule has 0 aliphatic carbocycles. The van der Waals surface area contributed by atoms with Gasteiger partial charge in [-0.3, -0.25) is 4.79 Å². The summed E-state index contributed by atoms with van der Waals surface area (Å²) in [5.74, 6) is 0.277. The molecule has 0 radical (unpaired) electrons. The van der Waals surface area contributed by atoms with Gasteiger partial charge >= 0.3 is 0 Å². The fourth-order valence-electron chi connectivity index (χ4n) is 1.66. The minimum absolute atomic E-state index is 0.0439. The minimum Gasteiger partial charge on any atom is -0.349 e. The predicted octanol–water partition coefficient (Wildman–Crippen LogP) is 2.23. The highest BCUT2D eigenvalue weighted by molar-refractivity contribution is 5.93. The molecule has 0 aliphatic rings. The average Bonchev–Trinajstić information content (AvgIpc) is 2.47. The molecule has 0 unspecified atom stereocenters. The standard InChI is InChI=1S/C15H15N5O/c1-10(2)19-15(21)13-7-14(18-9-17-13)20-12-5-3-11(8-16)4-6-12/h3-7,9-10H,1-2H3,(H,19,21)(H,17,18,20).